The Hall–Kier alpha value is -3.54. The molecule has 7 nitrogen and oxygen atoms in total. The zero-order valence-corrected chi connectivity index (χ0v) is 25.1. The van der Waals surface area contributed by atoms with Crippen LogP contribution in [0.4, 0.5) is 8.78 Å². The van der Waals surface area contributed by atoms with Gasteiger partial charge in [0.2, 0.25) is 0 Å². The molecule has 43 heavy (non-hydrogen) atoms. The fraction of sp³-hybridized carbons (Fsp3) is 0.312. The summed E-state index contributed by atoms with van der Waals surface area (Å²) in [7, 11) is -5.99. The third-order valence-corrected chi connectivity index (χ3v) is 10.4. The Bertz CT molecular complexity index is 1490. The first kappa shape index (κ1) is 32.4. The van der Waals surface area contributed by atoms with Crippen molar-refractivity contribution in [3.8, 4) is 5.75 Å². The van der Waals surface area contributed by atoms with E-state index < -0.39 is 39.8 Å². The number of esters is 2. The van der Waals surface area contributed by atoms with Crippen molar-refractivity contribution in [2.45, 2.75) is 52.5 Å². The van der Waals surface area contributed by atoms with Crippen LogP contribution in [-0.4, -0.2) is 36.8 Å². The van der Waals surface area contributed by atoms with E-state index >= 15 is 0 Å². The molecule has 0 amide bonds. The maximum atomic E-state index is 12.8. The van der Waals surface area contributed by atoms with Crippen LogP contribution in [0.2, 0.25) is 0 Å². The number of carbonyl (C=O) groups excluding carboxylic acids is 2. The Labute approximate surface area is 253 Å². The lowest BCUT2D eigenvalue weighted by Gasteiger charge is -2.23. The molecule has 0 saturated heterocycles. The minimum Gasteiger partial charge on any atom is -0.743 e. The summed E-state index contributed by atoms with van der Waals surface area (Å²) in [5, 5.41) is -4.56. The van der Waals surface area contributed by atoms with Crippen LogP contribution in [0.15, 0.2) is 112 Å². The van der Waals surface area contributed by atoms with Crippen LogP contribution in [0, 0.1) is 17.8 Å². The quantitative estimate of drug-likeness (QED) is 0.0889. The first-order valence-corrected chi connectivity index (χ1v) is 16.3. The van der Waals surface area contributed by atoms with Crippen molar-refractivity contribution in [2.24, 2.45) is 17.8 Å². The highest BCUT2D eigenvalue weighted by atomic mass is 32.2. The lowest BCUT2D eigenvalue weighted by atomic mass is 9.89. The molecule has 3 aromatic rings. The van der Waals surface area contributed by atoms with E-state index in [0.717, 1.165) is 19.3 Å². The van der Waals surface area contributed by atoms with Gasteiger partial charge < -0.3 is 14.0 Å². The normalized spacial score (nSPS) is 19.3. The second kappa shape index (κ2) is 13.8. The predicted octanol–water partition coefficient (Wildman–Crippen LogP) is 6.37. The molecule has 3 aromatic carbocycles. The van der Waals surface area contributed by atoms with Crippen molar-refractivity contribution >= 4 is 33.0 Å². The number of halogens is 2. The summed E-state index contributed by atoms with van der Waals surface area (Å²) < 4.78 is 65.8. The molecule has 228 valence electrons. The van der Waals surface area contributed by atoms with Gasteiger partial charge in [-0.25, -0.2) is 13.2 Å². The zero-order valence-electron chi connectivity index (χ0n) is 23.5. The number of alkyl halides is 2. The van der Waals surface area contributed by atoms with Crippen molar-refractivity contribution < 1.29 is 40.8 Å². The van der Waals surface area contributed by atoms with Crippen LogP contribution in [-0.2, 0) is 35.3 Å². The molecule has 2 aliphatic rings. The lowest BCUT2D eigenvalue weighted by molar-refractivity contribution is -0.156. The summed E-state index contributed by atoms with van der Waals surface area (Å²) >= 11 is 0. The minimum atomic E-state index is -5.79. The van der Waals surface area contributed by atoms with Crippen molar-refractivity contribution in [1.82, 2.24) is 0 Å². The van der Waals surface area contributed by atoms with Crippen LogP contribution in [0.3, 0.4) is 0 Å². The highest BCUT2D eigenvalue weighted by molar-refractivity contribution is 7.97. The maximum Gasteiger partial charge on any atom is 0.367 e. The van der Waals surface area contributed by atoms with E-state index in [4.69, 9.17) is 4.74 Å². The van der Waals surface area contributed by atoms with E-state index in [1.807, 2.05) is 36.4 Å². The summed E-state index contributed by atoms with van der Waals surface area (Å²) in [5.41, 5.74) is 0.386. The largest absolute Gasteiger partial charge is 0.743 e. The average Bonchev–Trinajstić information content (AvgIpc) is 3.62. The molecule has 2 saturated carbocycles. The van der Waals surface area contributed by atoms with Crippen molar-refractivity contribution in [3.63, 3.8) is 0 Å². The molecular weight excluding hydrogens is 598 g/mol. The Morgan fingerprint density at radius 3 is 1.88 bits per heavy atom. The predicted molar refractivity (Wildman–Crippen MR) is 156 cm³/mol. The maximum absolute atomic E-state index is 12.8. The Morgan fingerprint density at radius 2 is 1.44 bits per heavy atom. The highest BCUT2D eigenvalue weighted by Crippen LogP contribution is 2.48. The summed E-state index contributed by atoms with van der Waals surface area (Å²) in [4.78, 5) is 26.9. The standard InChI is InChI=1S/C22H19O2S.C10H14F2O5S/c1-17(2)22(23)24-18-13-15-21(16-14-18)25(19-9-5-3-6-10-19)20-11-7-4-8-12-20;11-10(12,18(14,15)16)5-17-9(13)8-4-6-1-2-7(8)3-6/h3-16H,1H2,2H3;6-8H,1-5H2,(H,14,15,16)/q+1;/p-1. The molecule has 2 aliphatic carbocycles. The molecule has 0 spiro atoms. The molecule has 0 radical (unpaired) electrons. The van der Waals surface area contributed by atoms with Crippen LogP contribution in [0.25, 0.3) is 0 Å². The van der Waals surface area contributed by atoms with Gasteiger partial charge in [-0.1, -0.05) is 49.4 Å². The lowest BCUT2D eigenvalue weighted by Crippen LogP contribution is -2.36. The molecule has 5 rings (SSSR count). The molecule has 11 heteroatoms. The number of benzene rings is 3. The molecule has 2 bridgehead atoms. The number of carbonyl (C=O) groups is 2. The Kier molecular flexibility index (Phi) is 10.4. The molecule has 0 aliphatic heterocycles. The second-order valence-electron chi connectivity index (χ2n) is 10.6. The number of hydrogen-bond acceptors (Lipinski definition) is 7. The van der Waals surface area contributed by atoms with E-state index in [0.29, 0.717) is 23.7 Å². The number of rotatable bonds is 9. The summed E-state index contributed by atoms with van der Waals surface area (Å²) in [6, 6.07) is 28.6. The number of hydrogen-bond donors (Lipinski definition) is 0. The highest BCUT2D eigenvalue weighted by Gasteiger charge is 2.46. The van der Waals surface area contributed by atoms with E-state index in [1.54, 1.807) is 6.92 Å². The van der Waals surface area contributed by atoms with Crippen LogP contribution in [0.5, 0.6) is 5.75 Å². The first-order valence-electron chi connectivity index (χ1n) is 13.7. The van der Waals surface area contributed by atoms with Crippen molar-refractivity contribution in [2.75, 3.05) is 6.61 Å². The van der Waals surface area contributed by atoms with Gasteiger partial charge in [0, 0.05) is 5.57 Å². The minimum absolute atomic E-state index is 0.153. The van der Waals surface area contributed by atoms with Gasteiger partial charge in [-0.15, -0.1) is 0 Å². The summed E-state index contributed by atoms with van der Waals surface area (Å²) in [6.07, 6.45) is 3.43. The third kappa shape index (κ3) is 8.31. The second-order valence-corrected chi connectivity index (χ2v) is 14.1. The van der Waals surface area contributed by atoms with Gasteiger partial charge in [0.1, 0.15) is 5.75 Å². The molecule has 2 fully saturated rings. The third-order valence-electron chi connectivity index (χ3n) is 7.37. The Balaban J connectivity index is 0.000000208. The van der Waals surface area contributed by atoms with Gasteiger partial charge in [0.05, 0.1) is 16.8 Å². The fourth-order valence-corrected chi connectivity index (χ4v) is 7.51. The van der Waals surface area contributed by atoms with E-state index in [9.17, 15) is 31.3 Å². The molecular formula is C32H32F2O7S2. The smallest absolute Gasteiger partial charge is 0.367 e. The van der Waals surface area contributed by atoms with Gasteiger partial charge >= 0.3 is 17.2 Å². The van der Waals surface area contributed by atoms with Crippen molar-refractivity contribution in [3.05, 3.63) is 97.1 Å². The van der Waals surface area contributed by atoms with E-state index in [1.165, 1.54) is 14.7 Å². The SMILES string of the molecule is C=C(C)C(=O)Oc1ccc([S+](c2ccccc2)c2ccccc2)cc1.O=C(OCC(F)(F)S(=O)(=O)[O-])C1CC2CCC1C2. The molecule has 0 N–H and O–H groups in total. The zero-order chi connectivity index (χ0) is 31.2. The van der Waals surface area contributed by atoms with E-state index in [-0.39, 0.29) is 16.8 Å². The van der Waals surface area contributed by atoms with Crippen LogP contribution < -0.4 is 4.74 Å². The van der Waals surface area contributed by atoms with E-state index in [2.05, 4.69) is 59.8 Å². The molecule has 3 unspecified atom stereocenters. The monoisotopic (exact) mass is 630 g/mol. The first-order chi connectivity index (χ1) is 20.4. The molecule has 0 heterocycles. The van der Waals surface area contributed by atoms with Crippen LogP contribution >= 0.6 is 0 Å². The summed E-state index contributed by atoms with van der Waals surface area (Å²) in [5.74, 6) is -0.519. The van der Waals surface area contributed by atoms with Gasteiger partial charge in [-0.3, -0.25) is 4.79 Å². The van der Waals surface area contributed by atoms with Gasteiger partial charge in [-0.2, -0.15) is 8.78 Å². The van der Waals surface area contributed by atoms with Crippen molar-refractivity contribution in [1.29, 1.82) is 0 Å². The Morgan fingerprint density at radius 1 is 0.907 bits per heavy atom. The van der Waals surface area contributed by atoms with Gasteiger partial charge in [-0.05, 0) is 86.6 Å². The topological polar surface area (TPSA) is 110 Å². The molecule has 0 aromatic heterocycles. The number of fused-ring (bicyclic) bond motifs is 2. The summed E-state index contributed by atoms with van der Waals surface area (Å²) in [6.45, 7) is 3.55. The van der Waals surface area contributed by atoms with Gasteiger partial charge in [0.15, 0.2) is 31.4 Å². The fourth-order valence-electron chi connectivity index (χ4n) is 5.23. The molecule has 3 atom stereocenters. The average molecular weight is 631 g/mol. The van der Waals surface area contributed by atoms with Crippen LogP contribution in [0.1, 0.15) is 32.6 Å². The number of ether oxygens (including phenoxy) is 2. The van der Waals surface area contributed by atoms with Gasteiger partial charge in [0.25, 0.3) is 0 Å².